The molecule has 1 aromatic rings. The molecule has 0 heterocycles. The van der Waals surface area contributed by atoms with Gasteiger partial charge < -0.3 is 10.2 Å². The normalized spacial score (nSPS) is 15.2. The largest absolute Gasteiger partial charge is 0.374 e. The highest BCUT2D eigenvalue weighted by Gasteiger charge is 2.23. The van der Waals surface area contributed by atoms with E-state index in [1.165, 1.54) is 24.1 Å². The molecule has 0 bridgehead atoms. The molecule has 1 aliphatic carbocycles. The van der Waals surface area contributed by atoms with Crippen LogP contribution in [0, 0.1) is 5.92 Å². The van der Waals surface area contributed by atoms with Gasteiger partial charge in [-0.2, -0.15) is 0 Å². The number of benzene rings is 1. The van der Waals surface area contributed by atoms with Crippen molar-refractivity contribution in [2.45, 2.75) is 19.4 Å². The Kier molecular flexibility index (Phi) is 3.72. The van der Waals surface area contributed by atoms with E-state index in [1.54, 1.807) is 0 Å². The van der Waals surface area contributed by atoms with Crippen LogP contribution in [0.25, 0.3) is 0 Å². The van der Waals surface area contributed by atoms with Gasteiger partial charge in [-0.05, 0) is 43.5 Å². The van der Waals surface area contributed by atoms with Crippen molar-refractivity contribution in [3.63, 3.8) is 0 Å². The third kappa shape index (κ3) is 2.89. The van der Waals surface area contributed by atoms with E-state index in [-0.39, 0.29) is 0 Å². The molecule has 0 saturated heterocycles. The molecule has 1 saturated carbocycles. The van der Waals surface area contributed by atoms with Crippen molar-refractivity contribution in [2.24, 2.45) is 5.92 Å². The number of nitrogens with zero attached hydrogens (tertiary/aromatic N) is 1. The van der Waals surface area contributed by atoms with Crippen molar-refractivity contribution < 1.29 is 0 Å². The van der Waals surface area contributed by atoms with Crippen molar-refractivity contribution in [1.29, 1.82) is 0 Å². The maximum atomic E-state index is 6.07. The van der Waals surface area contributed by atoms with Crippen LogP contribution in [0.4, 0.5) is 5.69 Å². The lowest BCUT2D eigenvalue weighted by Gasteiger charge is -2.22. The predicted octanol–water partition coefficient (Wildman–Crippen LogP) is 2.91. The first-order valence-corrected chi connectivity index (χ1v) is 6.22. The van der Waals surface area contributed by atoms with Crippen molar-refractivity contribution in [3.8, 4) is 0 Å². The summed E-state index contributed by atoms with van der Waals surface area (Å²) in [5.74, 6) is 0.895. The first-order valence-electron chi connectivity index (χ1n) is 5.85. The zero-order chi connectivity index (χ0) is 11.5. The summed E-state index contributed by atoms with van der Waals surface area (Å²) < 4.78 is 0. The van der Waals surface area contributed by atoms with Gasteiger partial charge in [0.25, 0.3) is 0 Å². The third-order valence-corrected chi connectivity index (χ3v) is 3.29. The average Bonchev–Trinajstić information content (AvgIpc) is 3.05. The lowest BCUT2D eigenvalue weighted by molar-refractivity contribution is 0.768. The molecule has 1 N–H and O–H groups in total. The van der Waals surface area contributed by atoms with Gasteiger partial charge in [-0.15, -0.1) is 0 Å². The second-order valence-corrected chi connectivity index (χ2v) is 5.06. The Morgan fingerprint density at radius 2 is 2.19 bits per heavy atom. The van der Waals surface area contributed by atoms with E-state index in [2.05, 4.69) is 29.4 Å². The van der Waals surface area contributed by atoms with Gasteiger partial charge in [-0.1, -0.05) is 17.7 Å². The minimum atomic E-state index is 0.817. The quantitative estimate of drug-likeness (QED) is 0.849. The fourth-order valence-electron chi connectivity index (χ4n) is 2.02. The zero-order valence-electron chi connectivity index (χ0n) is 9.96. The van der Waals surface area contributed by atoms with Crippen LogP contribution in [0.2, 0.25) is 5.02 Å². The van der Waals surface area contributed by atoms with Gasteiger partial charge in [0.15, 0.2) is 0 Å². The highest BCUT2D eigenvalue weighted by molar-refractivity contribution is 6.30. The van der Waals surface area contributed by atoms with Crippen molar-refractivity contribution in [1.82, 2.24) is 5.32 Å². The number of anilines is 1. The fourth-order valence-corrected chi connectivity index (χ4v) is 2.18. The molecule has 1 fully saturated rings. The Hall–Kier alpha value is -0.730. The van der Waals surface area contributed by atoms with Gasteiger partial charge in [0.2, 0.25) is 0 Å². The molecular formula is C13H19ClN2. The summed E-state index contributed by atoms with van der Waals surface area (Å²) in [6.07, 6.45) is 2.76. The molecule has 0 aliphatic heterocycles. The number of hydrogen-bond acceptors (Lipinski definition) is 2. The second kappa shape index (κ2) is 5.07. The van der Waals surface area contributed by atoms with E-state index in [4.69, 9.17) is 11.6 Å². The Bertz CT molecular complexity index is 361. The summed E-state index contributed by atoms with van der Waals surface area (Å²) in [4.78, 5) is 2.33. The predicted molar refractivity (Wildman–Crippen MR) is 70.2 cm³/mol. The van der Waals surface area contributed by atoms with Crippen LogP contribution in [0.5, 0.6) is 0 Å². The molecule has 0 spiro atoms. The summed E-state index contributed by atoms with van der Waals surface area (Å²) in [5, 5.41) is 4.02. The van der Waals surface area contributed by atoms with Crippen molar-refractivity contribution >= 4 is 17.3 Å². The first-order chi connectivity index (χ1) is 7.70. The van der Waals surface area contributed by atoms with Crippen LogP contribution in [0.15, 0.2) is 18.2 Å². The molecule has 3 heteroatoms. The Morgan fingerprint density at radius 1 is 1.44 bits per heavy atom. The van der Waals surface area contributed by atoms with Crippen molar-refractivity contribution in [2.75, 3.05) is 25.5 Å². The molecule has 2 rings (SSSR count). The topological polar surface area (TPSA) is 15.3 Å². The molecule has 0 radical (unpaired) electrons. The first kappa shape index (κ1) is 11.7. The monoisotopic (exact) mass is 238 g/mol. The van der Waals surface area contributed by atoms with Gasteiger partial charge in [0, 0.05) is 30.8 Å². The maximum Gasteiger partial charge on any atom is 0.0426 e. The number of halogens is 1. The molecule has 0 amide bonds. The van der Waals surface area contributed by atoms with Crippen LogP contribution in [0.3, 0.4) is 0 Å². The third-order valence-electron chi connectivity index (χ3n) is 3.05. The summed E-state index contributed by atoms with van der Waals surface area (Å²) in [6, 6.07) is 6.14. The highest BCUT2D eigenvalue weighted by Crippen LogP contribution is 2.32. The van der Waals surface area contributed by atoms with E-state index >= 15 is 0 Å². The lowest BCUT2D eigenvalue weighted by Crippen LogP contribution is -2.22. The molecule has 0 unspecified atom stereocenters. The highest BCUT2D eigenvalue weighted by atomic mass is 35.5. The van der Waals surface area contributed by atoms with Crippen molar-refractivity contribution in [3.05, 3.63) is 28.8 Å². The Labute approximate surface area is 103 Å². The molecule has 1 aromatic carbocycles. The molecule has 88 valence electrons. The van der Waals surface area contributed by atoms with E-state index in [0.29, 0.717) is 0 Å². The average molecular weight is 239 g/mol. The van der Waals surface area contributed by atoms with E-state index < -0.39 is 0 Å². The molecule has 0 aromatic heterocycles. The molecule has 2 nitrogen and oxygen atoms in total. The minimum absolute atomic E-state index is 0.817. The number of rotatable bonds is 5. The van der Waals surface area contributed by atoms with Crippen LogP contribution in [-0.4, -0.2) is 20.6 Å². The fraction of sp³-hybridized carbons (Fsp3) is 0.538. The summed E-state index contributed by atoms with van der Waals surface area (Å²) in [7, 11) is 4.13. The SMILES string of the molecule is CNCc1ccc(Cl)cc1N(C)CC1CC1. The van der Waals surface area contributed by atoms with Gasteiger partial charge in [0.1, 0.15) is 0 Å². The number of hydrogen-bond donors (Lipinski definition) is 1. The Balaban J connectivity index is 2.17. The Morgan fingerprint density at radius 3 is 2.81 bits per heavy atom. The van der Waals surface area contributed by atoms with Crippen LogP contribution in [0.1, 0.15) is 18.4 Å². The van der Waals surface area contributed by atoms with E-state index in [9.17, 15) is 0 Å². The number of nitrogens with one attached hydrogen (secondary N) is 1. The van der Waals surface area contributed by atoms with Crippen LogP contribution < -0.4 is 10.2 Å². The lowest BCUT2D eigenvalue weighted by atomic mass is 10.1. The minimum Gasteiger partial charge on any atom is -0.374 e. The molecule has 1 aliphatic rings. The summed E-state index contributed by atoms with van der Waals surface area (Å²) in [5.41, 5.74) is 2.57. The standard InChI is InChI=1S/C13H19ClN2/c1-15-8-11-5-6-12(14)7-13(11)16(2)9-10-3-4-10/h5-7,10,15H,3-4,8-9H2,1-2H3. The summed E-state index contributed by atoms with van der Waals surface area (Å²) >= 11 is 6.07. The van der Waals surface area contributed by atoms with E-state index in [1.807, 2.05) is 13.1 Å². The summed E-state index contributed by atoms with van der Waals surface area (Å²) in [6.45, 7) is 2.04. The van der Waals surface area contributed by atoms with Gasteiger partial charge in [-0.25, -0.2) is 0 Å². The van der Waals surface area contributed by atoms with Crippen LogP contribution >= 0.6 is 11.6 Å². The molecule has 0 atom stereocenters. The smallest absolute Gasteiger partial charge is 0.0426 e. The molecule has 16 heavy (non-hydrogen) atoms. The van der Waals surface area contributed by atoms with Gasteiger partial charge in [-0.3, -0.25) is 0 Å². The molecular weight excluding hydrogens is 220 g/mol. The van der Waals surface area contributed by atoms with Gasteiger partial charge >= 0.3 is 0 Å². The second-order valence-electron chi connectivity index (χ2n) is 4.63. The van der Waals surface area contributed by atoms with Crippen LogP contribution in [-0.2, 0) is 6.54 Å². The van der Waals surface area contributed by atoms with E-state index in [0.717, 1.165) is 24.0 Å². The van der Waals surface area contributed by atoms with Gasteiger partial charge in [0.05, 0.1) is 0 Å². The zero-order valence-corrected chi connectivity index (χ0v) is 10.7. The maximum absolute atomic E-state index is 6.07.